The average Bonchev–Trinajstić information content (AvgIpc) is 3.14. The smallest absolute Gasteiger partial charge is 0.253 e. The number of hydrogen-bond acceptors (Lipinski definition) is 3. The van der Waals surface area contributed by atoms with Crippen molar-refractivity contribution in [3.63, 3.8) is 0 Å². The SMILES string of the molecule is O=C(/C=C/c1cccs1)Nc1ccc(C(=O)N2CCCCC2)cc1. The van der Waals surface area contributed by atoms with Gasteiger partial charge in [0.05, 0.1) is 0 Å². The lowest BCUT2D eigenvalue weighted by Gasteiger charge is -2.26. The van der Waals surface area contributed by atoms with Crippen LogP contribution in [0.2, 0.25) is 0 Å². The van der Waals surface area contributed by atoms with Crippen molar-refractivity contribution in [2.24, 2.45) is 0 Å². The number of piperidine rings is 1. The maximum absolute atomic E-state index is 12.4. The molecule has 2 heterocycles. The Hall–Kier alpha value is -2.40. The highest BCUT2D eigenvalue weighted by Gasteiger charge is 2.17. The largest absolute Gasteiger partial charge is 0.339 e. The van der Waals surface area contributed by atoms with E-state index in [4.69, 9.17) is 0 Å². The number of likely N-dealkylation sites (tertiary alicyclic amines) is 1. The fourth-order valence-corrected chi connectivity index (χ4v) is 3.32. The fourth-order valence-electron chi connectivity index (χ4n) is 2.70. The number of thiophene rings is 1. The summed E-state index contributed by atoms with van der Waals surface area (Å²) < 4.78 is 0. The molecular formula is C19H20N2O2S. The average molecular weight is 340 g/mol. The zero-order valence-electron chi connectivity index (χ0n) is 13.4. The normalized spacial score (nSPS) is 14.8. The van der Waals surface area contributed by atoms with Gasteiger partial charge in [0.2, 0.25) is 5.91 Å². The number of amides is 2. The summed E-state index contributed by atoms with van der Waals surface area (Å²) >= 11 is 1.58. The second-order valence-electron chi connectivity index (χ2n) is 5.77. The highest BCUT2D eigenvalue weighted by Crippen LogP contribution is 2.16. The van der Waals surface area contributed by atoms with E-state index in [1.54, 1.807) is 41.7 Å². The van der Waals surface area contributed by atoms with Crippen LogP contribution in [0.1, 0.15) is 34.5 Å². The molecule has 1 aromatic carbocycles. The van der Waals surface area contributed by atoms with E-state index in [1.165, 1.54) is 12.5 Å². The predicted octanol–water partition coefficient (Wildman–Crippen LogP) is 4.03. The van der Waals surface area contributed by atoms with E-state index < -0.39 is 0 Å². The Morgan fingerprint density at radius 3 is 2.46 bits per heavy atom. The minimum absolute atomic E-state index is 0.0742. The van der Waals surface area contributed by atoms with Crippen LogP contribution in [0.25, 0.3) is 6.08 Å². The van der Waals surface area contributed by atoms with Gasteiger partial charge >= 0.3 is 0 Å². The monoisotopic (exact) mass is 340 g/mol. The Morgan fingerprint density at radius 2 is 1.79 bits per heavy atom. The number of nitrogens with one attached hydrogen (secondary N) is 1. The number of benzene rings is 1. The zero-order valence-corrected chi connectivity index (χ0v) is 14.2. The van der Waals surface area contributed by atoms with Gasteiger partial charge in [-0.2, -0.15) is 0 Å². The predicted molar refractivity (Wildman–Crippen MR) is 98.2 cm³/mol. The van der Waals surface area contributed by atoms with Crippen LogP contribution in [0.5, 0.6) is 0 Å². The van der Waals surface area contributed by atoms with E-state index >= 15 is 0 Å². The molecule has 0 bridgehead atoms. The summed E-state index contributed by atoms with van der Waals surface area (Å²) in [6.07, 6.45) is 6.66. The Labute approximate surface area is 145 Å². The van der Waals surface area contributed by atoms with Crippen molar-refractivity contribution >= 4 is 34.9 Å². The summed E-state index contributed by atoms with van der Waals surface area (Å²) in [6.45, 7) is 1.68. The van der Waals surface area contributed by atoms with E-state index in [9.17, 15) is 9.59 Å². The Bertz CT molecular complexity index is 714. The first-order valence-corrected chi connectivity index (χ1v) is 9.02. The molecule has 4 nitrogen and oxygen atoms in total. The van der Waals surface area contributed by atoms with Gasteiger partial charge in [0.1, 0.15) is 0 Å². The molecule has 0 spiro atoms. The fraction of sp³-hybridized carbons (Fsp3) is 0.263. The second-order valence-corrected chi connectivity index (χ2v) is 6.75. The molecule has 1 saturated heterocycles. The molecule has 0 aliphatic carbocycles. The van der Waals surface area contributed by atoms with Gasteiger partial charge in [-0.15, -0.1) is 11.3 Å². The molecule has 1 aliphatic heterocycles. The summed E-state index contributed by atoms with van der Waals surface area (Å²) in [5.41, 5.74) is 1.36. The zero-order chi connectivity index (χ0) is 16.8. The third kappa shape index (κ3) is 4.32. The first kappa shape index (κ1) is 16.5. The van der Waals surface area contributed by atoms with Crippen LogP contribution in [0.4, 0.5) is 5.69 Å². The van der Waals surface area contributed by atoms with Crippen LogP contribution in [-0.4, -0.2) is 29.8 Å². The number of anilines is 1. The highest BCUT2D eigenvalue weighted by molar-refractivity contribution is 7.10. The molecule has 3 rings (SSSR count). The van der Waals surface area contributed by atoms with Crippen molar-refractivity contribution in [1.29, 1.82) is 0 Å². The van der Waals surface area contributed by atoms with Crippen molar-refractivity contribution in [1.82, 2.24) is 4.90 Å². The number of hydrogen-bond donors (Lipinski definition) is 1. The van der Waals surface area contributed by atoms with Crippen LogP contribution in [0.15, 0.2) is 47.9 Å². The van der Waals surface area contributed by atoms with E-state index in [-0.39, 0.29) is 11.8 Å². The maximum atomic E-state index is 12.4. The highest BCUT2D eigenvalue weighted by atomic mass is 32.1. The Kier molecular flexibility index (Phi) is 5.43. The Balaban J connectivity index is 1.57. The molecule has 1 fully saturated rings. The van der Waals surface area contributed by atoms with E-state index in [1.807, 2.05) is 22.4 Å². The van der Waals surface area contributed by atoms with Gasteiger partial charge in [0, 0.05) is 35.3 Å². The minimum atomic E-state index is -0.182. The number of carbonyl (C=O) groups excluding carboxylic acids is 2. The summed E-state index contributed by atoms with van der Waals surface area (Å²) in [5.74, 6) is -0.108. The molecule has 0 saturated carbocycles. The molecule has 0 radical (unpaired) electrons. The van der Waals surface area contributed by atoms with Crippen molar-refractivity contribution in [2.45, 2.75) is 19.3 Å². The van der Waals surface area contributed by atoms with Gasteiger partial charge in [0.15, 0.2) is 0 Å². The lowest BCUT2D eigenvalue weighted by atomic mass is 10.1. The third-order valence-electron chi connectivity index (χ3n) is 3.98. The van der Waals surface area contributed by atoms with Crippen LogP contribution < -0.4 is 5.32 Å². The third-order valence-corrected chi connectivity index (χ3v) is 4.82. The number of carbonyl (C=O) groups is 2. The molecule has 1 N–H and O–H groups in total. The van der Waals surface area contributed by atoms with Gasteiger partial charge in [-0.3, -0.25) is 9.59 Å². The van der Waals surface area contributed by atoms with Crippen molar-refractivity contribution in [3.05, 3.63) is 58.3 Å². The van der Waals surface area contributed by atoms with E-state index in [2.05, 4.69) is 5.32 Å². The summed E-state index contributed by atoms with van der Waals surface area (Å²) in [7, 11) is 0. The summed E-state index contributed by atoms with van der Waals surface area (Å²) in [4.78, 5) is 27.2. The lowest BCUT2D eigenvalue weighted by Crippen LogP contribution is -2.35. The molecular weight excluding hydrogens is 320 g/mol. The second kappa shape index (κ2) is 7.93. The molecule has 2 amide bonds. The molecule has 5 heteroatoms. The topological polar surface area (TPSA) is 49.4 Å². The van der Waals surface area contributed by atoms with Crippen LogP contribution in [0, 0.1) is 0 Å². The van der Waals surface area contributed by atoms with Crippen molar-refractivity contribution in [3.8, 4) is 0 Å². The van der Waals surface area contributed by atoms with Gasteiger partial charge in [-0.05, 0) is 61.1 Å². The van der Waals surface area contributed by atoms with Crippen LogP contribution >= 0.6 is 11.3 Å². The molecule has 1 aromatic heterocycles. The standard InChI is InChI=1S/C19H20N2O2S/c22-18(11-10-17-5-4-14-24-17)20-16-8-6-15(7-9-16)19(23)21-12-2-1-3-13-21/h4-11,14H,1-3,12-13H2,(H,20,22)/b11-10+. The maximum Gasteiger partial charge on any atom is 0.253 e. The quantitative estimate of drug-likeness (QED) is 0.855. The van der Waals surface area contributed by atoms with Crippen molar-refractivity contribution < 1.29 is 9.59 Å². The van der Waals surface area contributed by atoms with Crippen LogP contribution in [0.3, 0.4) is 0 Å². The first-order valence-electron chi connectivity index (χ1n) is 8.14. The van der Waals surface area contributed by atoms with Gasteiger partial charge in [-0.25, -0.2) is 0 Å². The molecule has 124 valence electrons. The lowest BCUT2D eigenvalue weighted by molar-refractivity contribution is -0.111. The van der Waals surface area contributed by atoms with E-state index in [0.29, 0.717) is 11.3 Å². The molecule has 1 aliphatic rings. The summed E-state index contributed by atoms with van der Waals surface area (Å²) in [6, 6.07) is 11.0. The van der Waals surface area contributed by atoms with Gasteiger partial charge in [0.25, 0.3) is 5.91 Å². The molecule has 24 heavy (non-hydrogen) atoms. The Morgan fingerprint density at radius 1 is 1.04 bits per heavy atom. The molecule has 0 atom stereocenters. The van der Waals surface area contributed by atoms with Gasteiger partial charge in [-0.1, -0.05) is 6.07 Å². The first-order chi connectivity index (χ1) is 11.7. The van der Waals surface area contributed by atoms with E-state index in [0.717, 1.165) is 30.8 Å². The molecule has 0 unspecified atom stereocenters. The minimum Gasteiger partial charge on any atom is -0.339 e. The summed E-state index contributed by atoms with van der Waals surface area (Å²) in [5, 5.41) is 4.77. The number of nitrogens with zero attached hydrogens (tertiary/aromatic N) is 1. The van der Waals surface area contributed by atoms with Crippen LogP contribution in [-0.2, 0) is 4.79 Å². The van der Waals surface area contributed by atoms with Crippen molar-refractivity contribution in [2.75, 3.05) is 18.4 Å². The van der Waals surface area contributed by atoms with Gasteiger partial charge < -0.3 is 10.2 Å². The molecule has 2 aromatic rings. The number of rotatable bonds is 4.